The van der Waals surface area contributed by atoms with Crippen molar-refractivity contribution in [3.8, 4) is 0 Å². The molecule has 2 aliphatic carbocycles. The number of fused-ring (bicyclic) bond motifs is 3. The maximum Gasteiger partial charge on any atom is 0.00917 e. The zero-order valence-corrected chi connectivity index (χ0v) is 12.2. The topological polar surface area (TPSA) is 0 Å². The number of benzene rings is 1. The summed E-state index contributed by atoms with van der Waals surface area (Å²) in [5.41, 5.74) is 8.03. The lowest BCUT2D eigenvalue weighted by molar-refractivity contribution is 0.380. The Bertz CT molecular complexity index is 519. The minimum Gasteiger partial charge on any atom is -0.0768 e. The van der Waals surface area contributed by atoms with Crippen molar-refractivity contribution in [3.63, 3.8) is 0 Å². The Morgan fingerprint density at radius 3 is 2.22 bits per heavy atom. The Morgan fingerprint density at radius 2 is 1.61 bits per heavy atom. The highest BCUT2D eigenvalue weighted by Crippen LogP contribution is 2.57. The first-order chi connectivity index (χ1) is 8.50. The Labute approximate surface area is 111 Å². The number of allylic oxidation sites excluding steroid dienone is 2. The van der Waals surface area contributed by atoms with Crippen molar-refractivity contribution in [1.29, 1.82) is 0 Å². The van der Waals surface area contributed by atoms with E-state index in [-0.39, 0.29) is 0 Å². The maximum absolute atomic E-state index is 2.59. The monoisotopic (exact) mass is 240 g/mol. The van der Waals surface area contributed by atoms with Crippen LogP contribution in [0.5, 0.6) is 0 Å². The third-order valence-electron chi connectivity index (χ3n) is 5.14. The molecular formula is C18H24. The molecule has 0 heterocycles. The lowest BCUT2D eigenvalue weighted by Gasteiger charge is -2.31. The van der Waals surface area contributed by atoms with E-state index in [0.717, 1.165) is 17.8 Å². The molecule has 1 aromatic rings. The maximum atomic E-state index is 2.59. The van der Waals surface area contributed by atoms with Gasteiger partial charge >= 0.3 is 0 Å². The summed E-state index contributed by atoms with van der Waals surface area (Å²) in [6, 6.07) is 4.63. The van der Waals surface area contributed by atoms with Crippen molar-refractivity contribution in [2.75, 3.05) is 0 Å². The molecule has 1 saturated carbocycles. The summed E-state index contributed by atoms with van der Waals surface area (Å²) >= 11 is 0. The minimum absolute atomic E-state index is 0.647. The third-order valence-corrected chi connectivity index (χ3v) is 5.14. The van der Waals surface area contributed by atoms with Crippen LogP contribution in [0.4, 0.5) is 0 Å². The van der Waals surface area contributed by atoms with Gasteiger partial charge in [0, 0.05) is 11.8 Å². The van der Waals surface area contributed by atoms with E-state index in [9.17, 15) is 0 Å². The van der Waals surface area contributed by atoms with E-state index in [0.29, 0.717) is 5.92 Å². The molecular weight excluding hydrogens is 216 g/mol. The van der Waals surface area contributed by atoms with Gasteiger partial charge in [0.15, 0.2) is 0 Å². The highest BCUT2D eigenvalue weighted by Gasteiger charge is 2.41. The number of hydrogen-bond acceptors (Lipinski definition) is 0. The van der Waals surface area contributed by atoms with Crippen LogP contribution in [0.25, 0.3) is 0 Å². The van der Waals surface area contributed by atoms with Crippen LogP contribution in [-0.4, -0.2) is 0 Å². The fourth-order valence-corrected chi connectivity index (χ4v) is 3.55. The standard InChI is InChI=1S/C18H24/c1-10(2)13(5)15-8-14-9-16(14)18-12(4)7-6-11(3)17(15)18/h6-8,10,13,15-16H,9H2,1-5H3. The molecule has 3 rings (SSSR count). The summed E-state index contributed by atoms with van der Waals surface area (Å²) in [5, 5.41) is 0. The Morgan fingerprint density at radius 1 is 1.00 bits per heavy atom. The van der Waals surface area contributed by atoms with Crippen LogP contribution in [-0.2, 0) is 0 Å². The summed E-state index contributed by atoms with van der Waals surface area (Å²) in [5.74, 6) is 2.90. The van der Waals surface area contributed by atoms with Gasteiger partial charge in [0.1, 0.15) is 0 Å². The molecule has 0 aromatic heterocycles. The number of hydrogen-bond donors (Lipinski definition) is 0. The predicted molar refractivity (Wildman–Crippen MR) is 78.1 cm³/mol. The molecule has 0 spiro atoms. The lowest BCUT2D eigenvalue weighted by Crippen LogP contribution is -2.18. The van der Waals surface area contributed by atoms with Crippen LogP contribution in [0, 0.1) is 25.7 Å². The lowest BCUT2D eigenvalue weighted by atomic mass is 9.73. The molecule has 0 heteroatoms. The van der Waals surface area contributed by atoms with Crippen LogP contribution in [0.2, 0.25) is 0 Å². The van der Waals surface area contributed by atoms with E-state index in [1.807, 2.05) is 0 Å². The smallest absolute Gasteiger partial charge is 0.00917 e. The van der Waals surface area contributed by atoms with Gasteiger partial charge < -0.3 is 0 Å². The van der Waals surface area contributed by atoms with E-state index < -0.39 is 0 Å². The van der Waals surface area contributed by atoms with Crippen molar-refractivity contribution in [3.05, 3.63) is 46.0 Å². The second kappa shape index (κ2) is 3.98. The second-order valence-corrected chi connectivity index (χ2v) is 6.65. The summed E-state index contributed by atoms with van der Waals surface area (Å²) in [6.07, 6.45) is 3.91. The zero-order chi connectivity index (χ0) is 13.0. The molecule has 18 heavy (non-hydrogen) atoms. The molecule has 3 atom stereocenters. The second-order valence-electron chi connectivity index (χ2n) is 6.65. The quantitative estimate of drug-likeness (QED) is 0.630. The largest absolute Gasteiger partial charge is 0.0768 e. The molecule has 2 aliphatic rings. The molecule has 0 bridgehead atoms. The Kier molecular flexibility index (Phi) is 2.66. The van der Waals surface area contributed by atoms with E-state index in [4.69, 9.17) is 0 Å². The average Bonchev–Trinajstić information content (AvgIpc) is 3.10. The van der Waals surface area contributed by atoms with Gasteiger partial charge in [-0.2, -0.15) is 0 Å². The summed E-state index contributed by atoms with van der Waals surface area (Å²) in [6.45, 7) is 11.7. The normalized spacial score (nSPS) is 26.4. The van der Waals surface area contributed by atoms with Gasteiger partial charge in [-0.25, -0.2) is 0 Å². The van der Waals surface area contributed by atoms with Crippen LogP contribution in [0.15, 0.2) is 23.8 Å². The van der Waals surface area contributed by atoms with Crippen LogP contribution in [0.1, 0.15) is 61.3 Å². The summed E-state index contributed by atoms with van der Waals surface area (Å²) in [4.78, 5) is 0. The van der Waals surface area contributed by atoms with E-state index in [1.165, 1.54) is 17.5 Å². The third kappa shape index (κ3) is 1.66. The molecule has 96 valence electrons. The number of aryl methyl sites for hydroxylation is 2. The molecule has 3 unspecified atom stereocenters. The van der Waals surface area contributed by atoms with Gasteiger partial charge in [-0.1, -0.05) is 44.6 Å². The molecule has 0 amide bonds. The first kappa shape index (κ1) is 12.0. The van der Waals surface area contributed by atoms with Gasteiger partial charge in [-0.15, -0.1) is 0 Å². The van der Waals surface area contributed by atoms with Gasteiger partial charge in [0.2, 0.25) is 0 Å². The van der Waals surface area contributed by atoms with Crippen LogP contribution in [0.3, 0.4) is 0 Å². The molecule has 0 radical (unpaired) electrons. The van der Waals surface area contributed by atoms with Crippen molar-refractivity contribution < 1.29 is 0 Å². The fourth-order valence-electron chi connectivity index (χ4n) is 3.55. The van der Waals surface area contributed by atoms with Crippen molar-refractivity contribution >= 4 is 0 Å². The van der Waals surface area contributed by atoms with Gasteiger partial charge in [0.05, 0.1) is 0 Å². The molecule has 1 fully saturated rings. The van der Waals surface area contributed by atoms with Crippen molar-refractivity contribution in [2.45, 2.75) is 52.9 Å². The summed E-state index contributed by atoms with van der Waals surface area (Å²) in [7, 11) is 0. The van der Waals surface area contributed by atoms with Crippen LogP contribution >= 0.6 is 0 Å². The van der Waals surface area contributed by atoms with Gasteiger partial charge in [-0.3, -0.25) is 0 Å². The van der Waals surface area contributed by atoms with Gasteiger partial charge in [-0.05, 0) is 54.4 Å². The minimum atomic E-state index is 0.647. The van der Waals surface area contributed by atoms with E-state index in [2.05, 4.69) is 52.8 Å². The Hall–Kier alpha value is -1.04. The Balaban J connectivity index is 2.15. The van der Waals surface area contributed by atoms with Crippen molar-refractivity contribution in [1.82, 2.24) is 0 Å². The average molecular weight is 240 g/mol. The number of rotatable bonds is 2. The highest BCUT2D eigenvalue weighted by molar-refractivity contribution is 5.58. The molecule has 1 aromatic carbocycles. The van der Waals surface area contributed by atoms with Crippen molar-refractivity contribution in [2.24, 2.45) is 11.8 Å². The van der Waals surface area contributed by atoms with E-state index >= 15 is 0 Å². The van der Waals surface area contributed by atoms with Crippen LogP contribution < -0.4 is 0 Å². The molecule has 0 nitrogen and oxygen atoms in total. The zero-order valence-electron chi connectivity index (χ0n) is 12.2. The molecule has 0 aliphatic heterocycles. The highest BCUT2D eigenvalue weighted by atomic mass is 14.5. The van der Waals surface area contributed by atoms with E-state index in [1.54, 1.807) is 16.7 Å². The molecule has 0 saturated heterocycles. The predicted octanol–water partition coefficient (Wildman–Crippen LogP) is 5.11. The fraction of sp³-hybridized carbons (Fsp3) is 0.556. The molecule has 0 N–H and O–H groups in total. The first-order valence-electron chi connectivity index (χ1n) is 7.31. The SMILES string of the molecule is Cc1ccc(C)c2c1C1CC1=CC2C(C)C(C)C. The van der Waals surface area contributed by atoms with Gasteiger partial charge in [0.25, 0.3) is 0 Å². The first-order valence-corrected chi connectivity index (χ1v) is 7.31. The summed E-state index contributed by atoms with van der Waals surface area (Å²) < 4.78 is 0.